The van der Waals surface area contributed by atoms with Gasteiger partial charge in [0.2, 0.25) is 0 Å². The minimum Gasteiger partial charge on any atom is -0.497 e. The molecule has 0 saturated carbocycles. The van der Waals surface area contributed by atoms with Crippen molar-refractivity contribution in [3.8, 4) is 5.75 Å². The monoisotopic (exact) mass is 311 g/mol. The number of aryl methyl sites for hydroxylation is 1. The van der Waals surface area contributed by atoms with Gasteiger partial charge < -0.3 is 4.74 Å². The van der Waals surface area contributed by atoms with E-state index in [1.54, 1.807) is 18.7 Å². The van der Waals surface area contributed by atoms with Crippen molar-refractivity contribution in [3.05, 3.63) is 64.7 Å². The summed E-state index contributed by atoms with van der Waals surface area (Å²) < 4.78 is 5.29. The van der Waals surface area contributed by atoms with Crippen LogP contribution in [0.5, 0.6) is 5.75 Å². The smallest absolute Gasteiger partial charge is 0.274 e. The first-order valence-electron chi connectivity index (χ1n) is 7.88. The van der Waals surface area contributed by atoms with Crippen LogP contribution in [-0.2, 0) is 19.3 Å². The van der Waals surface area contributed by atoms with Gasteiger partial charge in [0, 0.05) is 5.56 Å². The van der Waals surface area contributed by atoms with Gasteiger partial charge in [0.25, 0.3) is 5.91 Å². The molecule has 0 fully saturated rings. The van der Waals surface area contributed by atoms with Gasteiger partial charge in [0.05, 0.1) is 7.11 Å². The Labute approximate surface area is 136 Å². The Morgan fingerprint density at radius 1 is 1.26 bits per heavy atom. The number of carbonyl (C=O) groups excluding carboxylic acids is 1. The van der Waals surface area contributed by atoms with E-state index in [2.05, 4.69) is 12.1 Å². The lowest BCUT2D eigenvalue weighted by Gasteiger charge is -2.25. The Morgan fingerprint density at radius 2 is 2.13 bits per heavy atom. The molecule has 1 aliphatic carbocycles. The van der Waals surface area contributed by atoms with Crippen molar-refractivity contribution in [2.45, 2.75) is 25.7 Å². The average Bonchev–Trinajstić information content (AvgIpc) is 2.60. The number of fused-ring (bicyclic) bond motifs is 1. The number of hydrogen-bond donors (Lipinski definition) is 2. The fourth-order valence-corrected chi connectivity index (χ4v) is 3.35. The van der Waals surface area contributed by atoms with Crippen LogP contribution >= 0.6 is 0 Å². The normalized spacial score (nSPS) is 16.5. The van der Waals surface area contributed by atoms with E-state index in [9.17, 15) is 4.79 Å². The fourth-order valence-electron chi connectivity index (χ4n) is 3.35. The summed E-state index contributed by atoms with van der Waals surface area (Å²) in [5.74, 6) is 0.991. The van der Waals surface area contributed by atoms with E-state index in [1.165, 1.54) is 16.7 Å². The average molecular weight is 311 g/mol. The number of hydrogen-bond acceptors (Lipinski definition) is 3. The largest absolute Gasteiger partial charge is 0.497 e. The number of hydroxylamine groups is 1. The maximum atomic E-state index is 11.6. The molecule has 1 unspecified atom stereocenters. The van der Waals surface area contributed by atoms with E-state index in [0.29, 0.717) is 11.5 Å². The Hall–Kier alpha value is -2.33. The van der Waals surface area contributed by atoms with Gasteiger partial charge in [-0.2, -0.15) is 0 Å². The van der Waals surface area contributed by atoms with Crippen LogP contribution in [0, 0.1) is 5.92 Å². The van der Waals surface area contributed by atoms with Gasteiger partial charge >= 0.3 is 0 Å². The van der Waals surface area contributed by atoms with Crippen molar-refractivity contribution in [2.75, 3.05) is 7.11 Å². The molecular formula is C19H21NO3. The highest BCUT2D eigenvalue weighted by Crippen LogP contribution is 2.29. The maximum Gasteiger partial charge on any atom is 0.274 e. The van der Waals surface area contributed by atoms with Crippen LogP contribution in [0.2, 0.25) is 0 Å². The first-order chi connectivity index (χ1) is 11.2. The van der Waals surface area contributed by atoms with E-state index in [4.69, 9.17) is 9.94 Å². The van der Waals surface area contributed by atoms with Crippen molar-refractivity contribution in [1.29, 1.82) is 0 Å². The number of carbonyl (C=O) groups is 1. The predicted octanol–water partition coefficient (Wildman–Crippen LogP) is 3.16. The summed E-state index contributed by atoms with van der Waals surface area (Å²) in [6, 6.07) is 13.9. The number of methoxy groups -OCH3 is 1. The number of ether oxygens (including phenoxy) is 1. The topological polar surface area (TPSA) is 58.6 Å². The quantitative estimate of drug-likeness (QED) is 0.673. The molecule has 23 heavy (non-hydrogen) atoms. The number of nitrogens with one attached hydrogen (secondary N) is 1. The summed E-state index contributed by atoms with van der Waals surface area (Å²) >= 11 is 0. The van der Waals surface area contributed by atoms with Crippen LogP contribution in [-0.4, -0.2) is 18.2 Å². The van der Waals surface area contributed by atoms with E-state index >= 15 is 0 Å². The fraction of sp³-hybridized carbons (Fsp3) is 0.316. The minimum absolute atomic E-state index is 0.456. The summed E-state index contributed by atoms with van der Waals surface area (Å²) in [4.78, 5) is 11.6. The highest BCUT2D eigenvalue weighted by Gasteiger charge is 2.20. The van der Waals surface area contributed by atoms with Crippen LogP contribution in [0.4, 0.5) is 0 Å². The molecule has 0 saturated heterocycles. The summed E-state index contributed by atoms with van der Waals surface area (Å²) in [6.45, 7) is 0. The highest BCUT2D eigenvalue weighted by molar-refractivity contribution is 5.93. The van der Waals surface area contributed by atoms with Crippen LogP contribution < -0.4 is 10.2 Å². The zero-order chi connectivity index (χ0) is 16.2. The van der Waals surface area contributed by atoms with Crippen molar-refractivity contribution in [2.24, 2.45) is 5.92 Å². The Balaban J connectivity index is 1.75. The summed E-state index contributed by atoms with van der Waals surface area (Å²) in [5.41, 5.74) is 6.01. The zero-order valence-corrected chi connectivity index (χ0v) is 13.2. The lowest BCUT2D eigenvalue weighted by molar-refractivity contribution is 0.0706. The SMILES string of the molecule is COc1cccc(CC2CCc3ccc(C(=O)NO)cc3C2)c1. The van der Waals surface area contributed by atoms with Crippen molar-refractivity contribution in [1.82, 2.24) is 5.48 Å². The molecule has 4 heteroatoms. The predicted molar refractivity (Wildman–Crippen MR) is 87.9 cm³/mol. The molecule has 4 nitrogen and oxygen atoms in total. The van der Waals surface area contributed by atoms with Gasteiger partial charge in [-0.05, 0) is 72.6 Å². The molecule has 0 radical (unpaired) electrons. The minimum atomic E-state index is -0.456. The molecule has 2 N–H and O–H groups in total. The van der Waals surface area contributed by atoms with Gasteiger partial charge in [0.1, 0.15) is 5.75 Å². The molecule has 2 aromatic carbocycles. The van der Waals surface area contributed by atoms with E-state index in [-0.39, 0.29) is 0 Å². The van der Waals surface area contributed by atoms with Crippen LogP contribution in [0.3, 0.4) is 0 Å². The molecule has 0 bridgehead atoms. The first kappa shape index (κ1) is 15.6. The summed E-state index contributed by atoms with van der Waals surface area (Å²) in [7, 11) is 1.68. The molecule has 1 aliphatic rings. The molecule has 0 aliphatic heterocycles. The molecule has 120 valence electrons. The second-order valence-electron chi connectivity index (χ2n) is 6.09. The first-order valence-corrected chi connectivity index (χ1v) is 7.88. The maximum absolute atomic E-state index is 11.6. The third-order valence-corrected chi connectivity index (χ3v) is 4.56. The third-order valence-electron chi connectivity index (χ3n) is 4.56. The van der Waals surface area contributed by atoms with E-state index in [1.807, 2.05) is 24.3 Å². The molecule has 3 rings (SSSR count). The molecule has 1 atom stereocenters. The Kier molecular flexibility index (Phi) is 4.63. The molecule has 0 aromatic heterocycles. The lowest BCUT2D eigenvalue weighted by Crippen LogP contribution is -2.21. The zero-order valence-electron chi connectivity index (χ0n) is 13.2. The van der Waals surface area contributed by atoms with Gasteiger partial charge in [-0.25, -0.2) is 5.48 Å². The van der Waals surface area contributed by atoms with Crippen LogP contribution in [0.15, 0.2) is 42.5 Å². The second kappa shape index (κ2) is 6.84. The molecule has 1 amide bonds. The van der Waals surface area contributed by atoms with Gasteiger partial charge in [-0.15, -0.1) is 0 Å². The van der Waals surface area contributed by atoms with Gasteiger partial charge in [-0.1, -0.05) is 18.2 Å². The number of rotatable bonds is 4. The van der Waals surface area contributed by atoms with E-state index < -0.39 is 5.91 Å². The lowest BCUT2D eigenvalue weighted by atomic mass is 9.80. The second-order valence-corrected chi connectivity index (χ2v) is 6.09. The van der Waals surface area contributed by atoms with Crippen molar-refractivity contribution >= 4 is 5.91 Å². The highest BCUT2D eigenvalue weighted by atomic mass is 16.5. The van der Waals surface area contributed by atoms with Crippen molar-refractivity contribution in [3.63, 3.8) is 0 Å². The van der Waals surface area contributed by atoms with Crippen LogP contribution in [0.25, 0.3) is 0 Å². The van der Waals surface area contributed by atoms with Gasteiger partial charge in [0.15, 0.2) is 0 Å². The van der Waals surface area contributed by atoms with Crippen LogP contribution in [0.1, 0.15) is 33.5 Å². The number of amides is 1. The Morgan fingerprint density at radius 3 is 2.91 bits per heavy atom. The molecule has 0 heterocycles. The standard InChI is InChI=1S/C19H21NO3/c1-23-18-4-2-3-13(11-18)9-14-5-6-15-7-8-16(19(21)20-22)12-17(15)10-14/h2-4,7-8,11-12,14,22H,5-6,9-10H2,1H3,(H,20,21). The van der Waals surface area contributed by atoms with Gasteiger partial charge in [-0.3, -0.25) is 10.0 Å². The van der Waals surface area contributed by atoms with Crippen molar-refractivity contribution < 1.29 is 14.7 Å². The third kappa shape index (κ3) is 3.54. The number of benzene rings is 2. The molecular weight excluding hydrogens is 290 g/mol. The summed E-state index contributed by atoms with van der Waals surface area (Å²) in [6.07, 6.45) is 4.15. The summed E-state index contributed by atoms with van der Waals surface area (Å²) in [5, 5.41) is 8.78. The molecule has 0 spiro atoms. The molecule has 2 aromatic rings. The van der Waals surface area contributed by atoms with E-state index in [0.717, 1.165) is 31.4 Å². The Bertz CT molecular complexity index is 712.